The van der Waals surface area contributed by atoms with Crippen molar-refractivity contribution in [1.29, 1.82) is 0 Å². The molecule has 0 radical (unpaired) electrons. The lowest BCUT2D eigenvalue weighted by atomic mass is 9.85. The number of likely N-dealkylation sites (tertiary alicyclic amines) is 1. The lowest BCUT2D eigenvalue weighted by Gasteiger charge is -2.17. The second-order valence-corrected chi connectivity index (χ2v) is 6.75. The number of fused-ring (bicyclic) bond motifs is 5. The van der Waals surface area contributed by atoms with Crippen molar-refractivity contribution in [3.05, 3.63) is 42.5 Å². The lowest BCUT2D eigenvalue weighted by molar-refractivity contribution is -0.142. The van der Waals surface area contributed by atoms with Crippen LogP contribution in [-0.2, 0) is 14.3 Å². The van der Waals surface area contributed by atoms with E-state index in [0.717, 1.165) is 0 Å². The van der Waals surface area contributed by atoms with Crippen LogP contribution >= 0.6 is 0 Å². The van der Waals surface area contributed by atoms with E-state index in [9.17, 15) is 14.4 Å². The molecule has 3 aliphatic rings. The molecule has 1 aromatic carbocycles. The van der Waals surface area contributed by atoms with E-state index in [-0.39, 0.29) is 42.4 Å². The number of amidine groups is 1. The Morgan fingerprint density at radius 1 is 1.11 bits per heavy atom. The number of aliphatic imine (C=N–C) groups is 1. The Hall–Kier alpha value is -3.00. The predicted molar refractivity (Wildman–Crippen MR) is 98.1 cm³/mol. The minimum Gasteiger partial charge on any atom is -0.372 e. The van der Waals surface area contributed by atoms with Crippen molar-refractivity contribution in [2.75, 3.05) is 18.4 Å². The normalized spacial score (nSPS) is 28.6. The topological polar surface area (TPSA) is 100 Å². The molecule has 0 aliphatic carbocycles. The number of anilines is 1. The molecular formula is C19H20N4O4. The van der Waals surface area contributed by atoms with Crippen LogP contribution in [0.5, 0.6) is 0 Å². The van der Waals surface area contributed by atoms with E-state index >= 15 is 0 Å². The van der Waals surface area contributed by atoms with E-state index in [1.165, 1.54) is 4.90 Å². The number of urea groups is 1. The van der Waals surface area contributed by atoms with Gasteiger partial charge in [0.2, 0.25) is 11.8 Å². The van der Waals surface area contributed by atoms with E-state index < -0.39 is 6.03 Å². The first-order valence-electron chi connectivity index (χ1n) is 8.89. The van der Waals surface area contributed by atoms with Gasteiger partial charge in [-0.3, -0.25) is 14.5 Å². The fraction of sp³-hybridized carbons (Fsp3) is 0.368. The largest absolute Gasteiger partial charge is 0.372 e. The Morgan fingerprint density at radius 2 is 1.74 bits per heavy atom. The predicted octanol–water partition coefficient (Wildman–Crippen LogP) is 1.16. The summed E-state index contributed by atoms with van der Waals surface area (Å²) in [5.41, 5.74) is 0.657. The quantitative estimate of drug-likeness (QED) is 0.360. The van der Waals surface area contributed by atoms with Crippen molar-refractivity contribution in [3.63, 3.8) is 0 Å². The fourth-order valence-electron chi connectivity index (χ4n) is 3.80. The van der Waals surface area contributed by atoms with Gasteiger partial charge < -0.3 is 15.4 Å². The monoisotopic (exact) mass is 368 g/mol. The van der Waals surface area contributed by atoms with E-state index in [2.05, 4.69) is 15.6 Å². The van der Waals surface area contributed by atoms with Gasteiger partial charge in [0, 0.05) is 18.8 Å². The highest BCUT2D eigenvalue weighted by molar-refractivity contribution is 6.06. The average Bonchev–Trinajstić information content (AvgIpc) is 3.32. The minimum absolute atomic E-state index is 0.180. The maximum absolute atomic E-state index is 12.5. The molecule has 0 aromatic heterocycles. The number of para-hydroxylation sites is 1. The first kappa shape index (κ1) is 17.4. The lowest BCUT2D eigenvalue weighted by Crippen LogP contribution is -2.40. The van der Waals surface area contributed by atoms with Gasteiger partial charge in [0.15, 0.2) is 0 Å². The van der Waals surface area contributed by atoms with E-state index in [1.54, 1.807) is 19.1 Å². The summed E-state index contributed by atoms with van der Waals surface area (Å²) in [5, 5.41) is 5.62. The number of imide groups is 1. The van der Waals surface area contributed by atoms with Crippen LogP contribution in [0.25, 0.3) is 0 Å². The molecule has 2 N–H and O–H groups in total. The van der Waals surface area contributed by atoms with Gasteiger partial charge >= 0.3 is 6.03 Å². The number of amides is 4. The number of nitrogens with one attached hydrogen (secondary N) is 2. The summed E-state index contributed by atoms with van der Waals surface area (Å²) in [7, 11) is 0. The Morgan fingerprint density at radius 3 is 2.37 bits per heavy atom. The van der Waals surface area contributed by atoms with E-state index in [4.69, 9.17) is 4.74 Å². The van der Waals surface area contributed by atoms with Gasteiger partial charge in [-0.1, -0.05) is 30.4 Å². The number of benzene rings is 1. The molecule has 0 saturated carbocycles. The number of carbonyl (C=O) groups excluding carboxylic acids is 3. The van der Waals surface area contributed by atoms with Crippen LogP contribution < -0.4 is 10.6 Å². The maximum Gasteiger partial charge on any atom is 0.347 e. The molecule has 8 heteroatoms. The smallest absolute Gasteiger partial charge is 0.347 e. The third-order valence-corrected chi connectivity index (χ3v) is 5.01. The highest BCUT2D eigenvalue weighted by Gasteiger charge is 2.60. The molecule has 2 fully saturated rings. The molecule has 3 heterocycles. The van der Waals surface area contributed by atoms with Crippen LogP contribution in [0.15, 0.2) is 47.5 Å². The molecule has 2 saturated heterocycles. The molecule has 4 unspecified atom stereocenters. The molecule has 2 bridgehead atoms. The van der Waals surface area contributed by atoms with Crippen molar-refractivity contribution < 1.29 is 19.1 Å². The van der Waals surface area contributed by atoms with Crippen LogP contribution in [0.1, 0.15) is 6.92 Å². The summed E-state index contributed by atoms with van der Waals surface area (Å²) in [6.45, 7) is 2.22. The third-order valence-electron chi connectivity index (χ3n) is 5.01. The number of rotatable bonds is 4. The first-order chi connectivity index (χ1) is 13.0. The van der Waals surface area contributed by atoms with Crippen molar-refractivity contribution >= 4 is 29.4 Å². The highest BCUT2D eigenvalue weighted by Crippen LogP contribution is 2.44. The van der Waals surface area contributed by atoms with Crippen LogP contribution in [0.4, 0.5) is 10.5 Å². The highest BCUT2D eigenvalue weighted by atomic mass is 16.5. The molecule has 3 aliphatic heterocycles. The molecule has 4 rings (SSSR count). The zero-order chi connectivity index (χ0) is 19.0. The average molecular weight is 368 g/mol. The van der Waals surface area contributed by atoms with Gasteiger partial charge in [-0.25, -0.2) is 4.79 Å². The zero-order valence-electron chi connectivity index (χ0n) is 14.8. The van der Waals surface area contributed by atoms with Gasteiger partial charge in [0.25, 0.3) is 0 Å². The maximum atomic E-state index is 12.5. The van der Waals surface area contributed by atoms with Crippen LogP contribution in [0, 0.1) is 11.8 Å². The minimum atomic E-state index is -0.492. The van der Waals surface area contributed by atoms with Gasteiger partial charge in [-0.05, 0) is 19.1 Å². The van der Waals surface area contributed by atoms with Crippen molar-refractivity contribution in [1.82, 2.24) is 10.2 Å². The number of nitrogens with zero attached hydrogens (tertiary/aromatic N) is 2. The number of hydrogen-bond donors (Lipinski definition) is 2. The van der Waals surface area contributed by atoms with Crippen molar-refractivity contribution in [2.45, 2.75) is 19.1 Å². The molecule has 140 valence electrons. The molecule has 1 aromatic rings. The Bertz CT molecular complexity index is 805. The van der Waals surface area contributed by atoms with Gasteiger partial charge in [0.05, 0.1) is 24.0 Å². The van der Waals surface area contributed by atoms with Gasteiger partial charge in [-0.15, -0.1) is 0 Å². The summed E-state index contributed by atoms with van der Waals surface area (Å²) in [6.07, 6.45) is 3.17. The summed E-state index contributed by atoms with van der Waals surface area (Å²) in [6, 6.07) is 8.53. The summed E-state index contributed by atoms with van der Waals surface area (Å²) < 4.78 is 5.61. The first-order valence-corrected chi connectivity index (χ1v) is 8.89. The molecule has 0 spiro atoms. The van der Waals surface area contributed by atoms with E-state index in [0.29, 0.717) is 18.1 Å². The van der Waals surface area contributed by atoms with Crippen LogP contribution in [0.2, 0.25) is 0 Å². The van der Waals surface area contributed by atoms with Crippen molar-refractivity contribution in [3.8, 4) is 0 Å². The number of hydrogen-bond acceptors (Lipinski definition) is 4. The molecule has 27 heavy (non-hydrogen) atoms. The molecule has 4 atom stereocenters. The summed E-state index contributed by atoms with van der Waals surface area (Å²) in [4.78, 5) is 42.1. The second-order valence-electron chi connectivity index (χ2n) is 6.75. The molecule has 4 amide bonds. The fourth-order valence-corrected chi connectivity index (χ4v) is 3.80. The SMILES string of the molecule is C/C(=N\C(=O)Nc1ccccc1)NCCN1C(=O)C2C3C=CC(O3)C2C1=O. The van der Waals surface area contributed by atoms with Gasteiger partial charge in [0.1, 0.15) is 5.84 Å². The van der Waals surface area contributed by atoms with E-state index in [1.807, 2.05) is 30.4 Å². The van der Waals surface area contributed by atoms with Crippen LogP contribution in [0.3, 0.4) is 0 Å². The van der Waals surface area contributed by atoms with Gasteiger partial charge in [-0.2, -0.15) is 4.99 Å². The summed E-state index contributed by atoms with van der Waals surface area (Å²) in [5.74, 6) is -0.731. The standard InChI is InChI=1S/C19H20N4O4/c1-11(21-19(26)22-12-5-3-2-4-6-12)20-9-10-23-17(24)15-13-7-8-14(27-13)16(15)18(23)25/h2-8,13-16H,9-10H2,1H3,(H2,20,21,22,26). The number of ether oxygens (including phenoxy) is 1. The van der Waals surface area contributed by atoms with Crippen molar-refractivity contribution in [2.24, 2.45) is 16.8 Å². The Kier molecular flexibility index (Phi) is 4.49. The summed E-state index contributed by atoms with van der Waals surface area (Å²) >= 11 is 0. The number of carbonyl (C=O) groups is 3. The third kappa shape index (κ3) is 3.23. The molecular weight excluding hydrogens is 348 g/mol. The molecule has 8 nitrogen and oxygen atoms in total. The Balaban J connectivity index is 1.28. The zero-order valence-corrected chi connectivity index (χ0v) is 14.8. The second kappa shape index (κ2) is 6.96. The van der Waals surface area contributed by atoms with Crippen LogP contribution in [-0.4, -0.2) is 53.9 Å². The Labute approximate surface area is 156 Å².